The monoisotopic (exact) mass is 266 g/mol. The molecule has 19 heavy (non-hydrogen) atoms. The smallest absolute Gasteiger partial charge is 0.303 e. The van der Waals surface area contributed by atoms with Crippen LogP contribution in [0.4, 0.5) is 0 Å². The first-order valence-electron chi connectivity index (χ1n) is 7.31. The van der Waals surface area contributed by atoms with Crippen molar-refractivity contribution < 1.29 is 9.90 Å². The van der Waals surface area contributed by atoms with Crippen LogP contribution < -0.4 is 0 Å². The van der Waals surface area contributed by atoms with E-state index in [1.54, 1.807) is 0 Å². The molecule has 0 unspecified atom stereocenters. The molecule has 2 heteroatoms. The Balaban J connectivity index is 0. The van der Waals surface area contributed by atoms with Gasteiger partial charge in [0.25, 0.3) is 0 Å². The quantitative estimate of drug-likeness (QED) is 0.719. The van der Waals surface area contributed by atoms with E-state index in [4.69, 9.17) is 5.11 Å². The van der Waals surface area contributed by atoms with Crippen molar-refractivity contribution in [1.29, 1.82) is 0 Å². The highest BCUT2D eigenvalue weighted by molar-refractivity contribution is 5.66. The molecule has 0 spiro atoms. The molecule has 1 rings (SSSR count). The maximum atomic E-state index is 9.60. The first-order chi connectivity index (χ1) is 9.08. The maximum Gasteiger partial charge on any atom is 0.303 e. The second-order valence-electron chi connectivity index (χ2n) is 4.51. The lowest BCUT2D eigenvalue weighted by Crippen LogP contribution is -1.90. The summed E-state index contributed by atoms with van der Waals surface area (Å²) in [6.45, 7) is 8.39. The predicted molar refractivity (Wildman–Crippen MR) is 83.5 cm³/mol. The molecule has 110 valence electrons. The number of unbranched alkanes of at least 4 members (excludes halogenated alkanes) is 3. The standard InChI is InChI=1S/C7H8.C6H14.C4H8O2/c1-7-5-3-2-4-6-7;1-3-5-6-4-2;1-2-3-4(5)6/h2-6H,1H3;3-6H2,1-2H3;2-3H2,1H3,(H,5,6). The van der Waals surface area contributed by atoms with Gasteiger partial charge in [0, 0.05) is 6.42 Å². The van der Waals surface area contributed by atoms with Crippen LogP contribution in [0.3, 0.4) is 0 Å². The van der Waals surface area contributed by atoms with E-state index in [-0.39, 0.29) is 0 Å². The number of carbonyl (C=O) groups is 1. The van der Waals surface area contributed by atoms with Crippen molar-refractivity contribution in [3.63, 3.8) is 0 Å². The molecule has 0 heterocycles. The summed E-state index contributed by atoms with van der Waals surface area (Å²) < 4.78 is 0. The number of hydrogen-bond donors (Lipinski definition) is 1. The molecule has 0 saturated heterocycles. The minimum Gasteiger partial charge on any atom is -0.481 e. The van der Waals surface area contributed by atoms with Gasteiger partial charge in [-0.25, -0.2) is 0 Å². The van der Waals surface area contributed by atoms with Gasteiger partial charge in [0.05, 0.1) is 0 Å². The molecule has 0 aromatic heterocycles. The second kappa shape index (κ2) is 16.7. The van der Waals surface area contributed by atoms with E-state index >= 15 is 0 Å². The molecule has 1 aromatic rings. The Kier molecular flexibility index (Phi) is 17.6. The summed E-state index contributed by atoms with van der Waals surface area (Å²) in [6, 6.07) is 10.3. The predicted octanol–water partition coefficient (Wildman–Crippen LogP) is 5.45. The van der Waals surface area contributed by atoms with E-state index in [0.29, 0.717) is 6.42 Å². The maximum absolute atomic E-state index is 9.60. The minimum absolute atomic E-state index is 0.292. The molecule has 0 aliphatic rings. The van der Waals surface area contributed by atoms with Gasteiger partial charge in [-0.2, -0.15) is 0 Å². The summed E-state index contributed by atoms with van der Waals surface area (Å²) in [4.78, 5) is 9.60. The Morgan fingerprint density at radius 1 is 0.947 bits per heavy atom. The summed E-state index contributed by atoms with van der Waals surface area (Å²) in [5.74, 6) is -0.711. The van der Waals surface area contributed by atoms with Crippen molar-refractivity contribution in [1.82, 2.24) is 0 Å². The third-order valence-corrected chi connectivity index (χ3v) is 2.36. The lowest BCUT2D eigenvalue weighted by atomic mass is 10.2. The van der Waals surface area contributed by atoms with Crippen molar-refractivity contribution in [3.05, 3.63) is 35.9 Å². The summed E-state index contributed by atoms with van der Waals surface area (Å²) in [7, 11) is 0. The number of hydrogen-bond acceptors (Lipinski definition) is 1. The van der Waals surface area contributed by atoms with E-state index in [9.17, 15) is 4.79 Å². The average molecular weight is 266 g/mol. The first kappa shape index (κ1) is 20.0. The molecule has 0 radical (unpaired) electrons. The van der Waals surface area contributed by atoms with Crippen molar-refractivity contribution in [2.45, 2.75) is 66.2 Å². The molecule has 2 nitrogen and oxygen atoms in total. The summed E-state index contributed by atoms with van der Waals surface area (Å²) in [5, 5.41) is 7.91. The largest absolute Gasteiger partial charge is 0.481 e. The van der Waals surface area contributed by atoms with Crippen molar-refractivity contribution >= 4 is 5.97 Å². The second-order valence-corrected chi connectivity index (χ2v) is 4.51. The van der Waals surface area contributed by atoms with E-state index in [2.05, 4.69) is 32.9 Å². The van der Waals surface area contributed by atoms with Crippen molar-refractivity contribution in [2.75, 3.05) is 0 Å². The Morgan fingerprint density at radius 2 is 1.42 bits per heavy atom. The number of benzene rings is 1. The number of carboxylic acid groups (broad SMARTS) is 1. The molecule has 0 saturated carbocycles. The third kappa shape index (κ3) is 22.4. The zero-order chi connectivity index (χ0) is 14.9. The zero-order valence-electron chi connectivity index (χ0n) is 13.0. The summed E-state index contributed by atoms with van der Waals surface area (Å²) in [6.07, 6.45) is 6.56. The van der Waals surface area contributed by atoms with Crippen molar-refractivity contribution in [3.8, 4) is 0 Å². The van der Waals surface area contributed by atoms with Gasteiger partial charge in [-0.05, 0) is 13.3 Å². The van der Waals surface area contributed by atoms with Crippen LogP contribution in [-0.4, -0.2) is 11.1 Å². The van der Waals surface area contributed by atoms with Crippen LogP contribution in [0.25, 0.3) is 0 Å². The third-order valence-electron chi connectivity index (χ3n) is 2.36. The molecule has 1 N–H and O–H groups in total. The fourth-order valence-electron chi connectivity index (χ4n) is 1.25. The van der Waals surface area contributed by atoms with E-state index < -0.39 is 5.97 Å². The van der Waals surface area contributed by atoms with Gasteiger partial charge in [-0.1, -0.05) is 82.3 Å². The molecule has 0 aliphatic heterocycles. The van der Waals surface area contributed by atoms with E-state index in [0.717, 1.165) is 6.42 Å². The molecule has 1 aromatic carbocycles. The average Bonchev–Trinajstić information content (AvgIpc) is 2.38. The summed E-state index contributed by atoms with van der Waals surface area (Å²) >= 11 is 0. The fourth-order valence-corrected chi connectivity index (χ4v) is 1.25. The van der Waals surface area contributed by atoms with Crippen LogP contribution in [0.2, 0.25) is 0 Å². The van der Waals surface area contributed by atoms with Gasteiger partial charge < -0.3 is 5.11 Å². The van der Waals surface area contributed by atoms with Gasteiger partial charge >= 0.3 is 5.97 Å². The van der Waals surface area contributed by atoms with Crippen LogP contribution in [0.1, 0.15) is 64.9 Å². The minimum atomic E-state index is -0.711. The van der Waals surface area contributed by atoms with E-state index in [1.807, 2.05) is 25.1 Å². The Labute approximate surface area is 118 Å². The molecule has 0 fully saturated rings. The lowest BCUT2D eigenvalue weighted by Gasteiger charge is -1.86. The van der Waals surface area contributed by atoms with Crippen LogP contribution in [-0.2, 0) is 4.79 Å². The molecular weight excluding hydrogens is 236 g/mol. The SMILES string of the molecule is CCCC(=O)O.CCCCCC.Cc1ccccc1. The molecule has 0 amide bonds. The first-order valence-corrected chi connectivity index (χ1v) is 7.31. The number of aryl methyl sites for hydroxylation is 1. The van der Waals surface area contributed by atoms with Crippen LogP contribution >= 0.6 is 0 Å². The molecular formula is C17H30O2. The van der Waals surface area contributed by atoms with Crippen LogP contribution in [0.15, 0.2) is 30.3 Å². The van der Waals surface area contributed by atoms with E-state index in [1.165, 1.54) is 31.2 Å². The molecule has 0 bridgehead atoms. The van der Waals surface area contributed by atoms with Gasteiger partial charge in [-0.3, -0.25) is 4.79 Å². The van der Waals surface area contributed by atoms with Gasteiger partial charge in [0.1, 0.15) is 0 Å². The Morgan fingerprint density at radius 3 is 1.58 bits per heavy atom. The number of rotatable bonds is 5. The highest BCUT2D eigenvalue weighted by Crippen LogP contribution is 1.95. The number of aliphatic carboxylic acids is 1. The van der Waals surface area contributed by atoms with Gasteiger partial charge in [0.2, 0.25) is 0 Å². The zero-order valence-corrected chi connectivity index (χ0v) is 13.0. The molecule has 0 atom stereocenters. The van der Waals surface area contributed by atoms with Crippen LogP contribution in [0, 0.1) is 6.92 Å². The molecule has 0 aliphatic carbocycles. The Bertz CT molecular complexity index is 277. The lowest BCUT2D eigenvalue weighted by molar-refractivity contribution is -0.137. The van der Waals surface area contributed by atoms with Crippen LogP contribution in [0.5, 0.6) is 0 Å². The highest BCUT2D eigenvalue weighted by Gasteiger charge is 1.87. The Hall–Kier alpha value is -1.31. The highest BCUT2D eigenvalue weighted by atomic mass is 16.4. The normalized spacial score (nSPS) is 8.63. The summed E-state index contributed by atoms with van der Waals surface area (Å²) in [5.41, 5.74) is 1.32. The van der Waals surface area contributed by atoms with Gasteiger partial charge in [-0.15, -0.1) is 0 Å². The topological polar surface area (TPSA) is 37.3 Å². The van der Waals surface area contributed by atoms with Gasteiger partial charge in [0.15, 0.2) is 0 Å². The number of carboxylic acids is 1. The van der Waals surface area contributed by atoms with Crippen molar-refractivity contribution in [2.24, 2.45) is 0 Å². The fraction of sp³-hybridized carbons (Fsp3) is 0.588.